The van der Waals surface area contributed by atoms with Crippen molar-refractivity contribution in [3.8, 4) is 0 Å². The van der Waals surface area contributed by atoms with Crippen LogP contribution in [0.15, 0.2) is 24.5 Å². The number of nitro groups is 1. The Morgan fingerprint density at radius 3 is 2.78 bits per heavy atom. The third-order valence-corrected chi connectivity index (χ3v) is 5.85. The maximum Gasteiger partial charge on any atom is 0.353 e. The normalized spacial score (nSPS) is 15.3. The molecule has 0 aliphatic carbocycles. The highest BCUT2D eigenvalue weighted by molar-refractivity contribution is 7.22. The van der Waals surface area contributed by atoms with Gasteiger partial charge in [-0.05, 0) is 37.3 Å². The molecule has 0 radical (unpaired) electrons. The van der Waals surface area contributed by atoms with Gasteiger partial charge in [0.05, 0.1) is 15.1 Å². The van der Waals surface area contributed by atoms with Gasteiger partial charge in [-0.3, -0.25) is 10.1 Å². The lowest BCUT2D eigenvalue weighted by atomic mass is 9.99. The minimum Gasteiger partial charge on any atom is -0.351 e. The third-order valence-electron chi connectivity index (χ3n) is 4.91. The van der Waals surface area contributed by atoms with Crippen molar-refractivity contribution < 1.29 is 4.92 Å². The number of fused-ring (bicyclic) bond motifs is 1. The van der Waals surface area contributed by atoms with Crippen molar-refractivity contribution in [2.45, 2.75) is 26.7 Å². The molecule has 1 aliphatic heterocycles. The van der Waals surface area contributed by atoms with E-state index in [-0.39, 0.29) is 11.5 Å². The molecule has 0 spiro atoms. The standard InChI is InChI=1S/C18H20N6O2S/c1-11-6-8-23(9-7-11)17-15(24(25)26)16(19-10-20-17)22-18-21-14-12(2)4-3-5-13(14)27-18/h3-5,10-11H,6-9H2,1-2H3,(H,19,20,21,22). The van der Waals surface area contributed by atoms with Crippen LogP contribution in [0.4, 0.5) is 22.5 Å². The van der Waals surface area contributed by atoms with Crippen molar-refractivity contribution in [3.63, 3.8) is 0 Å². The van der Waals surface area contributed by atoms with Gasteiger partial charge in [-0.1, -0.05) is 30.4 Å². The van der Waals surface area contributed by atoms with Crippen LogP contribution in [-0.2, 0) is 0 Å². The number of anilines is 3. The van der Waals surface area contributed by atoms with Gasteiger partial charge in [-0.15, -0.1) is 0 Å². The van der Waals surface area contributed by atoms with Crippen molar-refractivity contribution in [2.75, 3.05) is 23.3 Å². The van der Waals surface area contributed by atoms with Crippen molar-refractivity contribution in [2.24, 2.45) is 5.92 Å². The first-order valence-electron chi connectivity index (χ1n) is 8.90. The summed E-state index contributed by atoms with van der Waals surface area (Å²) < 4.78 is 1.03. The van der Waals surface area contributed by atoms with Crippen molar-refractivity contribution >= 4 is 44.0 Å². The van der Waals surface area contributed by atoms with Crippen LogP contribution in [0.1, 0.15) is 25.3 Å². The zero-order chi connectivity index (χ0) is 19.0. The molecule has 4 rings (SSSR count). The lowest BCUT2D eigenvalue weighted by Gasteiger charge is -2.30. The maximum atomic E-state index is 11.8. The van der Waals surface area contributed by atoms with E-state index in [1.807, 2.05) is 30.0 Å². The van der Waals surface area contributed by atoms with Gasteiger partial charge in [0.25, 0.3) is 0 Å². The Bertz CT molecular complexity index is 997. The topological polar surface area (TPSA) is 97.1 Å². The van der Waals surface area contributed by atoms with E-state index in [4.69, 9.17) is 0 Å². The molecule has 0 saturated carbocycles. The fourth-order valence-electron chi connectivity index (χ4n) is 3.32. The number of hydrogen-bond acceptors (Lipinski definition) is 8. The summed E-state index contributed by atoms with van der Waals surface area (Å²) in [5, 5.41) is 15.4. The Labute approximate surface area is 160 Å². The molecule has 0 unspecified atom stereocenters. The predicted octanol–water partition coefficient (Wildman–Crippen LogP) is 4.28. The van der Waals surface area contributed by atoms with E-state index in [0.717, 1.165) is 41.7 Å². The number of piperidine rings is 1. The molecule has 8 nitrogen and oxygen atoms in total. The second-order valence-electron chi connectivity index (χ2n) is 6.89. The Balaban J connectivity index is 1.70. The van der Waals surface area contributed by atoms with E-state index in [1.165, 1.54) is 17.7 Å². The van der Waals surface area contributed by atoms with Gasteiger partial charge in [0.1, 0.15) is 6.33 Å². The van der Waals surface area contributed by atoms with E-state index in [2.05, 4.69) is 27.2 Å². The number of aryl methyl sites for hydroxylation is 1. The van der Waals surface area contributed by atoms with Gasteiger partial charge in [0.15, 0.2) is 5.13 Å². The van der Waals surface area contributed by atoms with E-state index in [9.17, 15) is 10.1 Å². The average molecular weight is 384 g/mol. The highest BCUT2D eigenvalue weighted by Gasteiger charge is 2.29. The highest BCUT2D eigenvalue weighted by Crippen LogP contribution is 2.37. The van der Waals surface area contributed by atoms with Crippen molar-refractivity contribution in [1.82, 2.24) is 15.0 Å². The minimum atomic E-state index is -0.408. The molecule has 0 bridgehead atoms. The highest BCUT2D eigenvalue weighted by atomic mass is 32.1. The zero-order valence-corrected chi connectivity index (χ0v) is 16.0. The fraction of sp³-hybridized carbons (Fsp3) is 0.389. The van der Waals surface area contributed by atoms with Crippen molar-refractivity contribution in [3.05, 3.63) is 40.2 Å². The number of nitrogens with one attached hydrogen (secondary N) is 1. The molecule has 1 fully saturated rings. The van der Waals surface area contributed by atoms with Crippen LogP contribution in [0, 0.1) is 23.0 Å². The van der Waals surface area contributed by atoms with Crippen LogP contribution in [0.5, 0.6) is 0 Å². The monoisotopic (exact) mass is 384 g/mol. The lowest BCUT2D eigenvalue weighted by Crippen LogP contribution is -2.34. The van der Waals surface area contributed by atoms with E-state index in [0.29, 0.717) is 16.9 Å². The summed E-state index contributed by atoms with van der Waals surface area (Å²) in [6.07, 6.45) is 3.38. The number of benzene rings is 1. The van der Waals surface area contributed by atoms with Crippen LogP contribution in [-0.4, -0.2) is 33.0 Å². The number of thiazole rings is 1. The molecule has 9 heteroatoms. The van der Waals surface area contributed by atoms with Crippen LogP contribution in [0.3, 0.4) is 0 Å². The first kappa shape index (κ1) is 17.6. The molecule has 0 atom stereocenters. The van der Waals surface area contributed by atoms with Gasteiger partial charge >= 0.3 is 5.69 Å². The van der Waals surface area contributed by atoms with Gasteiger partial charge in [-0.2, -0.15) is 0 Å². The second-order valence-corrected chi connectivity index (χ2v) is 7.92. The van der Waals surface area contributed by atoms with Crippen LogP contribution in [0.2, 0.25) is 0 Å². The largest absolute Gasteiger partial charge is 0.353 e. The van der Waals surface area contributed by atoms with Crippen LogP contribution < -0.4 is 10.2 Å². The molecular formula is C18H20N6O2S. The smallest absolute Gasteiger partial charge is 0.351 e. The molecule has 140 valence electrons. The molecule has 0 amide bonds. The van der Waals surface area contributed by atoms with Crippen molar-refractivity contribution in [1.29, 1.82) is 0 Å². The molecule has 1 aliphatic rings. The third kappa shape index (κ3) is 3.42. The first-order chi connectivity index (χ1) is 13.0. The SMILES string of the molecule is Cc1cccc2sc(Nc3ncnc(N4CCC(C)CC4)c3[N+](=O)[O-])nc12. The van der Waals surface area contributed by atoms with Gasteiger partial charge in [0, 0.05) is 13.1 Å². The van der Waals surface area contributed by atoms with E-state index in [1.54, 1.807) is 0 Å². The summed E-state index contributed by atoms with van der Waals surface area (Å²) in [5.74, 6) is 1.19. The fourth-order valence-corrected chi connectivity index (χ4v) is 4.26. The van der Waals surface area contributed by atoms with Crippen LogP contribution >= 0.6 is 11.3 Å². The number of nitrogens with zero attached hydrogens (tertiary/aromatic N) is 5. The summed E-state index contributed by atoms with van der Waals surface area (Å²) in [6.45, 7) is 5.72. The summed E-state index contributed by atoms with van der Waals surface area (Å²) in [4.78, 5) is 26.3. The summed E-state index contributed by atoms with van der Waals surface area (Å²) in [7, 11) is 0. The molecular weight excluding hydrogens is 364 g/mol. The number of para-hydroxylation sites is 1. The van der Waals surface area contributed by atoms with E-state index >= 15 is 0 Å². The number of aromatic nitrogens is 3. The Morgan fingerprint density at radius 2 is 2.07 bits per heavy atom. The minimum absolute atomic E-state index is 0.0944. The molecule has 1 saturated heterocycles. The first-order valence-corrected chi connectivity index (χ1v) is 9.72. The molecule has 1 N–H and O–H groups in total. The number of hydrogen-bond donors (Lipinski definition) is 1. The number of rotatable bonds is 4. The Kier molecular flexibility index (Phi) is 4.61. The predicted molar refractivity (Wildman–Crippen MR) is 107 cm³/mol. The summed E-state index contributed by atoms with van der Waals surface area (Å²) in [5.41, 5.74) is 1.87. The Hall–Kier alpha value is -2.81. The molecule has 27 heavy (non-hydrogen) atoms. The molecule has 3 aromatic rings. The van der Waals surface area contributed by atoms with Gasteiger partial charge in [-0.25, -0.2) is 15.0 Å². The van der Waals surface area contributed by atoms with E-state index < -0.39 is 4.92 Å². The van der Waals surface area contributed by atoms with Crippen LogP contribution in [0.25, 0.3) is 10.2 Å². The molecule has 3 heterocycles. The second kappa shape index (κ2) is 7.07. The summed E-state index contributed by atoms with van der Waals surface area (Å²) in [6, 6.07) is 5.95. The Morgan fingerprint density at radius 1 is 1.30 bits per heavy atom. The lowest BCUT2D eigenvalue weighted by molar-refractivity contribution is -0.383. The van der Waals surface area contributed by atoms with Gasteiger partial charge in [0.2, 0.25) is 11.6 Å². The average Bonchev–Trinajstić information content (AvgIpc) is 3.06. The summed E-state index contributed by atoms with van der Waals surface area (Å²) >= 11 is 1.45. The van der Waals surface area contributed by atoms with Gasteiger partial charge < -0.3 is 10.2 Å². The quantitative estimate of drug-likeness (QED) is 0.529. The zero-order valence-electron chi connectivity index (χ0n) is 15.2. The maximum absolute atomic E-state index is 11.8. The molecule has 2 aromatic heterocycles. The molecule has 1 aromatic carbocycles.